The number of rotatable bonds is 9. The van der Waals surface area contributed by atoms with Gasteiger partial charge in [-0.3, -0.25) is 9.59 Å². The fourth-order valence-electron chi connectivity index (χ4n) is 4.95. The number of nitrogens with zero attached hydrogens (tertiary/aromatic N) is 2. The average Bonchev–Trinajstić information content (AvgIpc) is 2.83. The third-order valence-electron chi connectivity index (χ3n) is 6.99. The highest BCUT2D eigenvalue weighted by molar-refractivity contribution is 7.91. The number of sulfone groups is 1. The monoisotopic (exact) mass is 547 g/mol. The zero-order valence-corrected chi connectivity index (χ0v) is 22.1. The first-order valence-electron chi connectivity index (χ1n) is 12.7. The lowest BCUT2D eigenvalue weighted by Crippen LogP contribution is -2.52. The molecule has 208 valence electrons. The van der Waals surface area contributed by atoms with Crippen molar-refractivity contribution in [1.82, 2.24) is 9.80 Å². The normalized spacial score (nSPS) is 20.1. The van der Waals surface area contributed by atoms with Gasteiger partial charge in [-0.2, -0.15) is 0 Å². The Hall–Kier alpha value is -2.50. The molecule has 2 amide bonds. The summed E-state index contributed by atoms with van der Waals surface area (Å²) in [5.41, 5.74) is 0.598. The van der Waals surface area contributed by atoms with Crippen molar-refractivity contribution in [2.75, 3.05) is 36.5 Å². The summed E-state index contributed by atoms with van der Waals surface area (Å²) in [6, 6.07) is 5.26. The van der Waals surface area contributed by atoms with Gasteiger partial charge in [0.05, 0.1) is 11.5 Å². The van der Waals surface area contributed by atoms with Crippen LogP contribution in [0.1, 0.15) is 52.4 Å². The lowest BCUT2D eigenvalue weighted by molar-refractivity contribution is -0.274. The number of alkyl halides is 3. The Balaban J connectivity index is 1.62. The van der Waals surface area contributed by atoms with E-state index < -0.39 is 22.1 Å². The van der Waals surface area contributed by atoms with Crippen LogP contribution in [0, 0.1) is 5.92 Å². The number of carbonyl (C=O) groups is 2. The van der Waals surface area contributed by atoms with Crippen molar-refractivity contribution in [3.63, 3.8) is 0 Å². The summed E-state index contributed by atoms with van der Waals surface area (Å²) in [4.78, 5) is 29.8. The molecule has 2 atom stereocenters. The van der Waals surface area contributed by atoms with E-state index in [2.05, 4.69) is 10.1 Å². The quantitative estimate of drug-likeness (QED) is 0.505. The number of carbonyl (C=O) groups excluding carboxylic acids is 2. The molecule has 1 saturated heterocycles. The predicted molar refractivity (Wildman–Crippen MR) is 134 cm³/mol. The van der Waals surface area contributed by atoms with E-state index in [0.717, 1.165) is 32.1 Å². The van der Waals surface area contributed by atoms with E-state index in [9.17, 15) is 31.2 Å². The van der Waals surface area contributed by atoms with Crippen LogP contribution in [0.3, 0.4) is 0 Å². The molecule has 2 aliphatic rings. The highest BCUT2D eigenvalue weighted by Crippen LogP contribution is 2.28. The molecule has 2 fully saturated rings. The van der Waals surface area contributed by atoms with Crippen LogP contribution in [0.15, 0.2) is 24.3 Å². The smallest absolute Gasteiger partial charge is 0.406 e. The summed E-state index contributed by atoms with van der Waals surface area (Å²) in [7, 11) is -3.11. The third-order valence-corrected chi connectivity index (χ3v) is 8.60. The van der Waals surface area contributed by atoms with Gasteiger partial charge in [0.25, 0.3) is 0 Å². The van der Waals surface area contributed by atoms with Crippen molar-refractivity contribution >= 4 is 27.3 Å². The number of ether oxygens (including phenoxy) is 1. The molecule has 0 radical (unpaired) electrons. The van der Waals surface area contributed by atoms with Crippen LogP contribution in [-0.2, 0) is 19.4 Å². The highest BCUT2D eigenvalue weighted by atomic mass is 32.2. The minimum Gasteiger partial charge on any atom is -0.406 e. The molecule has 2 unspecified atom stereocenters. The van der Waals surface area contributed by atoms with Gasteiger partial charge in [0, 0.05) is 49.7 Å². The van der Waals surface area contributed by atoms with Gasteiger partial charge in [-0.05, 0) is 44.0 Å². The lowest BCUT2D eigenvalue weighted by Gasteiger charge is -2.40. The molecule has 1 aromatic rings. The second-order valence-electron chi connectivity index (χ2n) is 9.98. The molecule has 0 aromatic heterocycles. The molecule has 1 saturated carbocycles. The highest BCUT2D eigenvalue weighted by Gasteiger charge is 2.34. The molecule has 0 bridgehead atoms. The Morgan fingerprint density at radius 1 is 1.08 bits per heavy atom. The maximum atomic E-state index is 13.6. The minimum absolute atomic E-state index is 0.0168. The molecular formula is C25H36F3N3O5S. The first-order chi connectivity index (χ1) is 17.3. The molecule has 1 N–H and O–H groups in total. The van der Waals surface area contributed by atoms with Crippen molar-refractivity contribution < 1.29 is 35.9 Å². The number of amides is 2. The Morgan fingerprint density at radius 3 is 2.24 bits per heavy atom. The zero-order chi connectivity index (χ0) is 27.2. The van der Waals surface area contributed by atoms with Gasteiger partial charge in [-0.25, -0.2) is 8.42 Å². The topological polar surface area (TPSA) is 96.0 Å². The largest absolute Gasteiger partial charge is 0.573 e. The van der Waals surface area contributed by atoms with E-state index in [1.807, 2.05) is 11.8 Å². The molecule has 0 spiro atoms. The van der Waals surface area contributed by atoms with Gasteiger partial charge in [0.15, 0.2) is 9.84 Å². The second-order valence-corrected chi connectivity index (χ2v) is 12.3. The molecular weight excluding hydrogens is 511 g/mol. The number of halogens is 3. The van der Waals surface area contributed by atoms with E-state index >= 15 is 0 Å². The fraction of sp³-hybridized carbons (Fsp3) is 0.680. The molecule has 1 heterocycles. The average molecular weight is 548 g/mol. The maximum absolute atomic E-state index is 13.6. The molecule has 1 aliphatic carbocycles. The van der Waals surface area contributed by atoms with Crippen LogP contribution in [0.25, 0.3) is 0 Å². The number of hydrogen-bond donors (Lipinski definition) is 1. The Kier molecular flexibility index (Phi) is 9.71. The van der Waals surface area contributed by atoms with Crippen LogP contribution in [0.4, 0.5) is 18.9 Å². The van der Waals surface area contributed by atoms with Gasteiger partial charge in [0.2, 0.25) is 11.8 Å². The van der Waals surface area contributed by atoms with Crippen molar-refractivity contribution in [2.45, 2.75) is 70.8 Å². The summed E-state index contributed by atoms with van der Waals surface area (Å²) in [6.07, 6.45) is 0.171. The fourth-order valence-corrected chi connectivity index (χ4v) is 6.15. The third kappa shape index (κ3) is 8.79. The SMILES string of the molecule is CC(CC(=O)N1CCS(=O)(=O)CC1)C(=O)N(C(C)CNc1ccc(OC(F)(F)F)cc1)C1CCCCC1. The number of nitrogens with one attached hydrogen (secondary N) is 1. The molecule has 37 heavy (non-hydrogen) atoms. The number of anilines is 1. The van der Waals surface area contributed by atoms with Crippen LogP contribution >= 0.6 is 0 Å². The first kappa shape index (κ1) is 29.1. The van der Waals surface area contributed by atoms with E-state index in [-0.39, 0.29) is 60.7 Å². The first-order valence-corrected chi connectivity index (χ1v) is 14.6. The van der Waals surface area contributed by atoms with Gasteiger partial charge in [-0.1, -0.05) is 26.2 Å². The van der Waals surface area contributed by atoms with Crippen molar-refractivity contribution in [1.29, 1.82) is 0 Å². The molecule has 3 rings (SSSR count). The summed E-state index contributed by atoms with van der Waals surface area (Å²) < 4.78 is 64.4. The number of benzene rings is 1. The van der Waals surface area contributed by atoms with E-state index in [0.29, 0.717) is 12.2 Å². The molecule has 1 aliphatic heterocycles. The Labute approximate surface area is 216 Å². The van der Waals surface area contributed by atoms with Gasteiger partial charge < -0.3 is 19.9 Å². The molecule has 8 nitrogen and oxygen atoms in total. The molecule has 12 heteroatoms. The van der Waals surface area contributed by atoms with Crippen molar-refractivity contribution in [3.05, 3.63) is 24.3 Å². The van der Waals surface area contributed by atoms with E-state index in [4.69, 9.17) is 0 Å². The predicted octanol–water partition coefficient (Wildman–Crippen LogP) is 3.83. The zero-order valence-electron chi connectivity index (χ0n) is 21.3. The van der Waals surface area contributed by atoms with Gasteiger partial charge >= 0.3 is 6.36 Å². The van der Waals surface area contributed by atoms with Crippen molar-refractivity contribution in [3.8, 4) is 5.75 Å². The van der Waals surface area contributed by atoms with Crippen LogP contribution in [0.2, 0.25) is 0 Å². The lowest BCUT2D eigenvalue weighted by atomic mass is 9.91. The maximum Gasteiger partial charge on any atom is 0.573 e. The van der Waals surface area contributed by atoms with Crippen molar-refractivity contribution in [2.24, 2.45) is 5.92 Å². The summed E-state index contributed by atoms with van der Waals surface area (Å²) in [5.74, 6) is -1.31. The standard InChI is InChI=1S/C25H36F3N3O5S/c1-18(16-23(32)30-12-14-37(34,35)15-13-30)24(33)31(21-6-4-3-5-7-21)19(2)17-29-20-8-10-22(11-9-20)36-25(26,27)28/h8-11,18-19,21,29H,3-7,12-17H2,1-2H3. The summed E-state index contributed by atoms with van der Waals surface area (Å²) >= 11 is 0. The Morgan fingerprint density at radius 2 is 1.68 bits per heavy atom. The van der Waals surface area contributed by atoms with Gasteiger partial charge in [-0.15, -0.1) is 13.2 Å². The summed E-state index contributed by atoms with van der Waals surface area (Å²) in [5, 5.41) is 3.19. The van der Waals surface area contributed by atoms with Crippen LogP contribution in [0.5, 0.6) is 5.75 Å². The van der Waals surface area contributed by atoms with Crippen LogP contribution in [-0.4, -0.2) is 79.6 Å². The second kappa shape index (κ2) is 12.4. The summed E-state index contributed by atoms with van der Waals surface area (Å²) in [6.45, 7) is 4.34. The van der Waals surface area contributed by atoms with Crippen LogP contribution < -0.4 is 10.1 Å². The van der Waals surface area contributed by atoms with Gasteiger partial charge in [0.1, 0.15) is 5.75 Å². The minimum atomic E-state index is -4.76. The Bertz CT molecular complexity index is 1010. The molecule has 1 aromatic carbocycles. The van der Waals surface area contributed by atoms with E-state index in [1.165, 1.54) is 29.2 Å². The van der Waals surface area contributed by atoms with E-state index in [1.54, 1.807) is 6.92 Å². The number of hydrogen-bond acceptors (Lipinski definition) is 6.